The molecule has 4 rings (SSSR count). The SMILES string of the molecule is CN(c1ncc(-c2cnc(-n3ccnc3)cc2O)nn1)C1CCNCC1. The molecule has 0 saturated carbocycles. The highest BCUT2D eigenvalue weighted by atomic mass is 16.3. The fraction of sp³-hybridized carbons (Fsp3) is 0.353. The number of hydrogen-bond donors (Lipinski definition) is 2. The van der Waals surface area contributed by atoms with E-state index in [9.17, 15) is 5.11 Å². The van der Waals surface area contributed by atoms with Gasteiger partial charge in [-0.15, -0.1) is 10.2 Å². The maximum absolute atomic E-state index is 10.3. The van der Waals surface area contributed by atoms with E-state index in [0.717, 1.165) is 25.9 Å². The molecule has 9 nitrogen and oxygen atoms in total. The first-order valence-electron chi connectivity index (χ1n) is 8.53. The van der Waals surface area contributed by atoms with Crippen LogP contribution in [0, 0.1) is 0 Å². The van der Waals surface area contributed by atoms with Crippen molar-refractivity contribution < 1.29 is 5.11 Å². The zero-order valence-corrected chi connectivity index (χ0v) is 14.4. The van der Waals surface area contributed by atoms with Crippen LogP contribution in [0.3, 0.4) is 0 Å². The van der Waals surface area contributed by atoms with Crippen molar-refractivity contribution in [3.05, 3.63) is 37.2 Å². The number of piperidine rings is 1. The fourth-order valence-electron chi connectivity index (χ4n) is 3.08. The molecule has 1 saturated heterocycles. The molecule has 134 valence electrons. The van der Waals surface area contributed by atoms with Crippen LogP contribution >= 0.6 is 0 Å². The van der Waals surface area contributed by atoms with E-state index < -0.39 is 0 Å². The Morgan fingerprint density at radius 2 is 2.04 bits per heavy atom. The molecule has 0 atom stereocenters. The normalized spacial score (nSPS) is 15.1. The van der Waals surface area contributed by atoms with Gasteiger partial charge in [-0.2, -0.15) is 0 Å². The Labute approximate surface area is 150 Å². The highest BCUT2D eigenvalue weighted by Crippen LogP contribution is 2.28. The summed E-state index contributed by atoms with van der Waals surface area (Å²) in [7, 11) is 1.99. The number of nitrogens with one attached hydrogen (secondary N) is 1. The van der Waals surface area contributed by atoms with Crippen molar-refractivity contribution in [2.45, 2.75) is 18.9 Å². The highest BCUT2D eigenvalue weighted by Gasteiger charge is 2.20. The van der Waals surface area contributed by atoms with Crippen molar-refractivity contribution >= 4 is 5.95 Å². The predicted octanol–water partition coefficient (Wildman–Crippen LogP) is 1.01. The van der Waals surface area contributed by atoms with Gasteiger partial charge in [-0.3, -0.25) is 4.57 Å². The topological polar surface area (TPSA) is 105 Å². The van der Waals surface area contributed by atoms with Crippen LogP contribution in [0.25, 0.3) is 17.1 Å². The van der Waals surface area contributed by atoms with Gasteiger partial charge < -0.3 is 15.3 Å². The number of hydrogen-bond acceptors (Lipinski definition) is 8. The van der Waals surface area contributed by atoms with Crippen LogP contribution in [0.1, 0.15) is 12.8 Å². The monoisotopic (exact) mass is 352 g/mol. The van der Waals surface area contributed by atoms with Gasteiger partial charge in [0.05, 0.1) is 11.8 Å². The van der Waals surface area contributed by atoms with Crippen molar-refractivity contribution in [3.63, 3.8) is 0 Å². The molecule has 1 aliphatic heterocycles. The summed E-state index contributed by atoms with van der Waals surface area (Å²) < 4.78 is 1.71. The first kappa shape index (κ1) is 16.4. The van der Waals surface area contributed by atoms with E-state index in [1.54, 1.807) is 41.7 Å². The third-order valence-electron chi connectivity index (χ3n) is 4.63. The third kappa shape index (κ3) is 3.21. The number of rotatable bonds is 4. The summed E-state index contributed by atoms with van der Waals surface area (Å²) in [4.78, 5) is 14.8. The molecule has 1 fully saturated rings. The first-order valence-corrected chi connectivity index (χ1v) is 8.53. The smallest absolute Gasteiger partial charge is 0.245 e. The molecule has 0 bridgehead atoms. The van der Waals surface area contributed by atoms with Crippen LogP contribution in [-0.2, 0) is 0 Å². The molecule has 3 aromatic rings. The molecular formula is C17H20N8O. The minimum atomic E-state index is 0.0688. The lowest BCUT2D eigenvalue weighted by Crippen LogP contribution is -2.41. The minimum absolute atomic E-state index is 0.0688. The Kier molecular flexibility index (Phi) is 4.44. The Balaban J connectivity index is 1.55. The quantitative estimate of drug-likeness (QED) is 0.717. The maximum atomic E-state index is 10.3. The molecule has 0 aliphatic carbocycles. The number of pyridine rings is 1. The number of imidazole rings is 1. The van der Waals surface area contributed by atoms with Gasteiger partial charge in [0, 0.05) is 37.7 Å². The van der Waals surface area contributed by atoms with Crippen molar-refractivity contribution in [2.24, 2.45) is 0 Å². The van der Waals surface area contributed by atoms with E-state index in [1.165, 1.54) is 0 Å². The van der Waals surface area contributed by atoms with Crippen LogP contribution in [0.15, 0.2) is 37.2 Å². The fourth-order valence-corrected chi connectivity index (χ4v) is 3.08. The van der Waals surface area contributed by atoms with Crippen molar-refractivity contribution in [2.75, 3.05) is 25.0 Å². The summed E-state index contributed by atoms with van der Waals surface area (Å²) >= 11 is 0. The molecular weight excluding hydrogens is 332 g/mol. The van der Waals surface area contributed by atoms with Gasteiger partial charge in [-0.05, 0) is 25.9 Å². The van der Waals surface area contributed by atoms with E-state index in [2.05, 4.69) is 35.4 Å². The lowest BCUT2D eigenvalue weighted by Gasteiger charge is -2.31. The predicted molar refractivity (Wildman–Crippen MR) is 96.1 cm³/mol. The van der Waals surface area contributed by atoms with Crippen molar-refractivity contribution in [3.8, 4) is 22.8 Å². The number of anilines is 1. The summed E-state index contributed by atoms with van der Waals surface area (Å²) in [5.74, 6) is 1.23. The standard InChI is InChI=1S/C17H20N8O/c1-24(12-2-4-18-5-3-12)17-21-10-14(22-23-17)13-9-20-16(8-15(13)26)25-7-6-19-11-25/h6-12,18H,2-5H2,1H3,(H,20,26). The van der Waals surface area contributed by atoms with Crippen LogP contribution in [0.4, 0.5) is 5.95 Å². The average Bonchev–Trinajstić information content (AvgIpc) is 3.23. The van der Waals surface area contributed by atoms with Crippen LogP contribution < -0.4 is 10.2 Å². The molecule has 0 amide bonds. The van der Waals surface area contributed by atoms with Gasteiger partial charge in [0.1, 0.15) is 23.6 Å². The second kappa shape index (κ2) is 7.04. The third-order valence-corrected chi connectivity index (χ3v) is 4.63. The van der Waals surface area contributed by atoms with Gasteiger partial charge >= 0.3 is 0 Å². The summed E-state index contributed by atoms with van der Waals surface area (Å²) in [5.41, 5.74) is 0.972. The molecule has 0 spiro atoms. The largest absolute Gasteiger partial charge is 0.507 e. The summed E-state index contributed by atoms with van der Waals surface area (Å²) in [6.45, 7) is 2.01. The zero-order valence-electron chi connectivity index (χ0n) is 14.4. The molecule has 26 heavy (non-hydrogen) atoms. The lowest BCUT2D eigenvalue weighted by atomic mass is 10.1. The summed E-state index contributed by atoms with van der Waals surface area (Å²) in [5, 5.41) is 22.2. The second-order valence-electron chi connectivity index (χ2n) is 6.27. The second-order valence-corrected chi connectivity index (χ2v) is 6.27. The number of aromatic nitrogens is 6. The van der Waals surface area contributed by atoms with E-state index >= 15 is 0 Å². The summed E-state index contributed by atoms with van der Waals surface area (Å²) in [6.07, 6.45) is 10.3. The van der Waals surface area contributed by atoms with Crippen molar-refractivity contribution in [1.82, 2.24) is 35.0 Å². The maximum Gasteiger partial charge on any atom is 0.245 e. The Bertz CT molecular complexity index is 859. The van der Waals surface area contributed by atoms with E-state index in [4.69, 9.17) is 0 Å². The molecule has 3 aromatic heterocycles. The van der Waals surface area contributed by atoms with Gasteiger partial charge in [0.25, 0.3) is 0 Å². The lowest BCUT2D eigenvalue weighted by molar-refractivity contribution is 0.439. The van der Waals surface area contributed by atoms with Crippen molar-refractivity contribution in [1.29, 1.82) is 0 Å². The van der Waals surface area contributed by atoms with Crippen LogP contribution in [0.2, 0.25) is 0 Å². The summed E-state index contributed by atoms with van der Waals surface area (Å²) in [6, 6.07) is 1.97. The van der Waals surface area contributed by atoms with E-state index in [0.29, 0.717) is 29.1 Å². The molecule has 1 aliphatic rings. The number of nitrogens with zero attached hydrogens (tertiary/aromatic N) is 7. The Hall–Kier alpha value is -3.07. The molecule has 0 aromatic carbocycles. The van der Waals surface area contributed by atoms with Gasteiger partial charge in [0.2, 0.25) is 5.95 Å². The van der Waals surface area contributed by atoms with E-state index in [-0.39, 0.29) is 5.75 Å². The van der Waals surface area contributed by atoms with Gasteiger partial charge in [-0.1, -0.05) is 0 Å². The zero-order chi connectivity index (χ0) is 17.9. The Morgan fingerprint density at radius 1 is 1.19 bits per heavy atom. The minimum Gasteiger partial charge on any atom is -0.507 e. The van der Waals surface area contributed by atoms with Crippen LogP contribution in [-0.4, -0.2) is 61.0 Å². The van der Waals surface area contributed by atoms with Gasteiger partial charge in [0.15, 0.2) is 0 Å². The van der Waals surface area contributed by atoms with Crippen LogP contribution in [0.5, 0.6) is 5.75 Å². The Morgan fingerprint density at radius 3 is 2.69 bits per heavy atom. The molecule has 4 heterocycles. The molecule has 9 heteroatoms. The average molecular weight is 352 g/mol. The molecule has 2 N–H and O–H groups in total. The van der Waals surface area contributed by atoms with Gasteiger partial charge in [-0.25, -0.2) is 15.0 Å². The molecule has 0 unspecified atom stereocenters. The first-order chi connectivity index (χ1) is 12.7. The number of aromatic hydroxyl groups is 1. The van der Waals surface area contributed by atoms with E-state index in [1.807, 2.05) is 7.05 Å². The molecule has 0 radical (unpaired) electrons. The highest BCUT2D eigenvalue weighted by molar-refractivity contribution is 5.66.